The minimum Gasteiger partial charge on any atom is -0.382 e. The predicted molar refractivity (Wildman–Crippen MR) is 78.8 cm³/mol. The van der Waals surface area contributed by atoms with Gasteiger partial charge in [-0.25, -0.2) is 0 Å². The van der Waals surface area contributed by atoms with E-state index in [1.54, 1.807) is 0 Å². The lowest BCUT2D eigenvalue weighted by atomic mass is 10.2. The monoisotopic (exact) mass is 268 g/mol. The van der Waals surface area contributed by atoms with Gasteiger partial charge in [0.25, 0.3) is 0 Å². The van der Waals surface area contributed by atoms with E-state index in [0.717, 1.165) is 62.1 Å². The minimum atomic E-state index is 0.767. The van der Waals surface area contributed by atoms with E-state index in [2.05, 4.69) is 27.3 Å². The molecule has 0 saturated carbocycles. The molecule has 0 aromatic heterocycles. The third-order valence-corrected chi connectivity index (χ3v) is 3.26. The quantitative estimate of drug-likeness (QED) is 0.579. The Morgan fingerprint density at radius 3 is 2.33 bits per heavy atom. The topological polar surface area (TPSA) is 48.1 Å². The average molecular weight is 269 g/mol. The Morgan fingerprint density at radius 2 is 1.56 bits per heavy atom. The number of hydrogen-bond acceptors (Lipinski definition) is 4. The van der Waals surface area contributed by atoms with Crippen LogP contribution >= 0.6 is 11.6 Å². The zero-order valence-electron chi connectivity index (χ0n) is 10.6. The molecule has 4 nitrogen and oxygen atoms in total. The van der Waals surface area contributed by atoms with Gasteiger partial charge in [-0.3, -0.25) is 0 Å². The number of para-hydroxylation sites is 1. The van der Waals surface area contributed by atoms with Crippen LogP contribution in [0.15, 0.2) is 18.2 Å². The maximum atomic E-state index is 6.23. The summed E-state index contributed by atoms with van der Waals surface area (Å²) in [6.07, 6.45) is 1.16. The third-order valence-electron chi connectivity index (χ3n) is 2.94. The summed E-state index contributed by atoms with van der Waals surface area (Å²) in [6.45, 7) is 5.81. The molecule has 0 saturated heterocycles. The van der Waals surface area contributed by atoms with Gasteiger partial charge in [0.1, 0.15) is 0 Å². The van der Waals surface area contributed by atoms with Gasteiger partial charge in [0, 0.05) is 26.2 Å². The lowest BCUT2D eigenvalue weighted by Gasteiger charge is -2.15. The van der Waals surface area contributed by atoms with E-state index >= 15 is 0 Å². The highest BCUT2D eigenvalue weighted by Gasteiger charge is 2.06. The molecule has 1 aromatic carbocycles. The zero-order valence-corrected chi connectivity index (χ0v) is 11.3. The van der Waals surface area contributed by atoms with Crippen molar-refractivity contribution < 1.29 is 0 Å². The smallest absolute Gasteiger partial charge is 0.0765 e. The molecular weight excluding hydrogens is 248 g/mol. The van der Waals surface area contributed by atoms with Crippen LogP contribution < -0.4 is 21.3 Å². The second-order valence-corrected chi connectivity index (χ2v) is 4.78. The van der Waals surface area contributed by atoms with Crippen LogP contribution in [0.2, 0.25) is 5.02 Å². The minimum absolute atomic E-state index is 0.767. The van der Waals surface area contributed by atoms with E-state index in [1.807, 2.05) is 12.1 Å². The SMILES string of the molecule is Clc1cccc2c1NCCNCCCNCCN2. The molecule has 1 aromatic rings. The molecule has 0 atom stereocenters. The van der Waals surface area contributed by atoms with Crippen LogP contribution in [-0.2, 0) is 0 Å². The van der Waals surface area contributed by atoms with E-state index in [-0.39, 0.29) is 0 Å². The fourth-order valence-electron chi connectivity index (χ4n) is 2.00. The summed E-state index contributed by atoms with van der Waals surface area (Å²) in [5.41, 5.74) is 2.07. The molecular formula is C13H21ClN4. The van der Waals surface area contributed by atoms with Gasteiger partial charge in [-0.2, -0.15) is 0 Å². The molecule has 18 heavy (non-hydrogen) atoms. The van der Waals surface area contributed by atoms with Crippen molar-refractivity contribution in [3.63, 3.8) is 0 Å². The Kier molecular flexibility index (Phi) is 5.58. The summed E-state index contributed by atoms with van der Waals surface area (Å²) >= 11 is 6.23. The molecule has 2 rings (SSSR count). The van der Waals surface area contributed by atoms with Crippen molar-refractivity contribution in [1.29, 1.82) is 0 Å². The largest absolute Gasteiger partial charge is 0.382 e. The molecule has 5 heteroatoms. The molecule has 0 unspecified atom stereocenters. The summed E-state index contributed by atoms with van der Waals surface area (Å²) in [6, 6.07) is 5.94. The van der Waals surface area contributed by atoms with Crippen LogP contribution in [0, 0.1) is 0 Å². The molecule has 1 aliphatic heterocycles. The first kappa shape index (κ1) is 13.5. The molecule has 0 radical (unpaired) electrons. The molecule has 100 valence electrons. The molecule has 0 aliphatic carbocycles. The zero-order chi connectivity index (χ0) is 12.6. The van der Waals surface area contributed by atoms with E-state index in [9.17, 15) is 0 Å². The van der Waals surface area contributed by atoms with Crippen LogP contribution in [0.1, 0.15) is 6.42 Å². The highest BCUT2D eigenvalue weighted by Crippen LogP contribution is 2.29. The van der Waals surface area contributed by atoms with Crippen molar-refractivity contribution in [3.05, 3.63) is 23.2 Å². The normalized spacial score (nSPS) is 18.3. The van der Waals surface area contributed by atoms with Crippen molar-refractivity contribution >= 4 is 23.0 Å². The molecule has 1 aliphatic rings. The van der Waals surface area contributed by atoms with Crippen molar-refractivity contribution in [3.8, 4) is 0 Å². The number of hydrogen-bond donors (Lipinski definition) is 4. The van der Waals surface area contributed by atoms with Crippen molar-refractivity contribution in [1.82, 2.24) is 10.6 Å². The number of benzene rings is 1. The van der Waals surface area contributed by atoms with Crippen LogP contribution in [0.4, 0.5) is 11.4 Å². The van der Waals surface area contributed by atoms with Gasteiger partial charge in [-0.1, -0.05) is 17.7 Å². The van der Waals surface area contributed by atoms with Gasteiger partial charge < -0.3 is 21.3 Å². The summed E-state index contributed by atoms with van der Waals surface area (Å²) in [4.78, 5) is 0. The van der Waals surface area contributed by atoms with Gasteiger partial charge >= 0.3 is 0 Å². The Balaban J connectivity index is 2.03. The highest BCUT2D eigenvalue weighted by molar-refractivity contribution is 6.33. The number of anilines is 2. The summed E-state index contributed by atoms with van der Waals surface area (Å²) in [5.74, 6) is 0. The number of halogens is 1. The maximum absolute atomic E-state index is 6.23. The highest BCUT2D eigenvalue weighted by atomic mass is 35.5. The second-order valence-electron chi connectivity index (χ2n) is 4.37. The van der Waals surface area contributed by atoms with E-state index in [1.165, 1.54) is 0 Å². The van der Waals surface area contributed by atoms with E-state index < -0.39 is 0 Å². The first-order valence-corrected chi connectivity index (χ1v) is 6.93. The van der Waals surface area contributed by atoms with Crippen molar-refractivity contribution in [2.75, 3.05) is 49.9 Å². The molecule has 1 heterocycles. The van der Waals surface area contributed by atoms with Gasteiger partial charge in [0.15, 0.2) is 0 Å². The van der Waals surface area contributed by atoms with Crippen molar-refractivity contribution in [2.24, 2.45) is 0 Å². The van der Waals surface area contributed by atoms with Crippen LogP contribution in [0.3, 0.4) is 0 Å². The lowest BCUT2D eigenvalue weighted by Crippen LogP contribution is -2.27. The maximum Gasteiger partial charge on any atom is 0.0765 e. The Hall–Kier alpha value is -0.970. The van der Waals surface area contributed by atoms with Gasteiger partial charge in [-0.05, 0) is 31.6 Å². The number of nitrogens with one attached hydrogen (secondary N) is 4. The molecule has 0 amide bonds. The Morgan fingerprint density at radius 1 is 0.833 bits per heavy atom. The lowest BCUT2D eigenvalue weighted by molar-refractivity contribution is 0.610. The number of fused-ring (bicyclic) bond motifs is 1. The molecule has 0 bridgehead atoms. The standard InChI is InChI=1S/C13H21ClN4/c14-11-3-1-4-12-13(11)18-10-8-16-6-2-5-15-7-9-17-12/h1,3-4,15-18H,2,5-10H2. The third kappa shape index (κ3) is 4.05. The van der Waals surface area contributed by atoms with Crippen LogP contribution in [0.25, 0.3) is 0 Å². The Labute approximate surface area is 113 Å². The Bertz CT molecular complexity index is 370. The van der Waals surface area contributed by atoms with Crippen molar-refractivity contribution in [2.45, 2.75) is 6.42 Å². The number of rotatable bonds is 0. The fraction of sp³-hybridized carbons (Fsp3) is 0.538. The average Bonchev–Trinajstić information content (AvgIpc) is 2.39. The predicted octanol–water partition coefficient (Wildman–Crippen LogP) is 1.75. The van der Waals surface area contributed by atoms with Gasteiger partial charge in [0.05, 0.1) is 16.4 Å². The first-order chi connectivity index (χ1) is 8.88. The van der Waals surface area contributed by atoms with Gasteiger partial charge in [-0.15, -0.1) is 0 Å². The summed E-state index contributed by atoms with van der Waals surface area (Å²) in [7, 11) is 0. The van der Waals surface area contributed by atoms with E-state index in [0.29, 0.717) is 0 Å². The summed E-state index contributed by atoms with van der Waals surface area (Å²) < 4.78 is 0. The molecule has 0 spiro atoms. The van der Waals surface area contributed by atoms with Crippen LogP contribution in [-0.4, -0.2) is 39.3 Å². The first-order valence-electron chi connectivity index (χ1n) is 6.55. The van der Waals surface area contributed by atoms with E-state index in [4.69, 9.17) is 11.6 Å². The summed E-state index contributed by atoms with van der Waals surface area (Å²) in [5, 5.41) is 14.4. The van der Waals surface area contributed by atoms with Gasteiger partial charge in [0.2, 0.25) is 0 Å². The second kappa shape index (κ2) is 7.46. The van der Waals surface area contributed by atoms with Crippen LogP contribution in [0.5, 0.6) is 0 Å². The molecule has 0 fully saturated rings. The fourth-order valence-corrected chi connectivity index (χ4v) is 2.24. The molecule has 4 N–H and O–H groups in total.